The largest absolute Gasteiger partial charge is 0.508 e. The van der Waals surface area contributed by atoms with Crippen molar-refractivity contribution < 1.29 is 14.6 Å². The van der Waals surface area contributed by atoms with Crippen molar-refractivity contribution in [2.24, 2.45) is 0 Å². The maximum Gasteiger partial charge on any atom is 0.309 e. The average molecular weight is 242 g/mol. The molecule has 92 valence electrons. The van der Waals surface area contributed by atoms with Gasteiger partial charge in [0.1, 0.15) is 5.75 Å². The second-order valence-corrected chi connectivity index (χ2v) is 4.00. The number of ether oxygens (including phenoxy) is 1. The second kappa shape index (κ2) is 5.36. The molecule has 18 heavy (non-hydrogen) atoms. The van der Waals surface area contributed by atoms with Crippen LogP contribution >= 0.6 is 0 Å². The molecule has 0 heterocycles. The Labute approximate surface area is 106 Å². The van der Waals surface area contributed by atoms with Crippen molar-refractivity contribution in [3.63, 3.8) is 0 Å². The summed E-state index contributed by atoms with van der Waals surface area (Å²) >= 11 is 0. The quantitative estimate of drug-likeness (QED) is 0.842. The molecule has 0 aliphatic heterocycles. The number of hydrogen-bond donors (Lipinski definition) is 1. The van der Waals surface area contributed by atoms with Crippen LogP contribution in [0.15, 0.2) is 48.5 Å². The Hall–Kier alpha value is -2.29. The van der Waals surface area contributed by atoms with E-state index in [0.29, 0.717) is 0 Å². The molecule has 2 aromatic rings. The molecule has 0 unspecified atom stereocenters. The Morgan fingerprint density at radius 2 is 1.83 bits per heavy atom. The van der Waals surface area contributed by atoms with E-state index in [4.69, 9.17) is 0 Å². The van der Waals surface area contributed by atoms with Crippen molar-refractivity contribution >= 4 is 5.97 Å². The normalized spacial score (nSPS) is 10.1. The average Bonchev–Trinajstić information content (AvgIpc) is 2.39. The summed E-state index contributed by atoms with van der Waals surface area (Å²) in [6.07, 6.45) is 0.275. The molecule has 0 saturated heterocycles. The minimum atomic E-state index is -0.250. The van der Waals surface area contributed by atoms with Gasteiger partial charge in [-0.1, -0.05) is 36.4 Å². The van der Waals surface area contributed by atoms with Gasteiger partial charge in [-0.2, -0.15) is 0 Å². The lowest BCUT2D eigenvalue weighted by Crippen LogP contribution is -2.03. The van der Waals surface area contributed by atoms with E-state index in [2.05, 4.69) is 4.74 Å². The number of esters is 1. The molecular weight excluding hydrogens is 228 g/mol. The van der Waals surface area contributed by atoms with Crippen LogP contribution in [0.25, 0.3) is 11.1 Å². The van der Waals surface area contributed by atoms with Crippen molar-refractivity contribution in [2.45, 2.75) is 6.42 Å². The molecule has 2 rings (SSSR count). The van der Waals surface area contributed by atoms with Crippen LogP contribution in [-0.2, 0) is 16.0 Å². The van der Waals surface area contributed by atoms with E-state index in [1.807, 2.05) is 30.3 Å². The zero-order chi connectivity index (χ0) is 13.0. The molecular formula is C15H14O3. The number of aromatic hydroxyl groups is 1. The molecule has 0 aliphatic rings. The number of methoxy groups -OCH3 is 1. The molecule has 0 radical (unpaired) electrons. The fraction of sp³-hybridized carbons (Fsp3) is 0.133. The van der Waals surface area contributed by atoms with Crippen LogP contribution in [0.3, 0.4) is 0 Å². The first-order valence-corrected chi connectivity index (χ1v) is 5.64. The van der Waals surface area contributed by atoms with E-state index in [1.54, 1.807) is 18.2 Å². The molecule has 3 nitrogen and oxygen atoms in total. The maximum absolute atomic E-state index is 11.1. The Morgan fingerprint density at radius 3 is 2.44 bits per heavy atom. The van der Waals surface area contributed by atoms with Gasteiger partial charge in [0, 0.05) is 0 Å². The third-order valence-corrected chi connectivity index (χ3v) is 2.71. The van der Waals surface area contributed by atoms with Gasteiger partial charge in [0.05, 0.1) is 13.5 Å². The number of hydrogen-bond acceptors (Lipinski definition) is 3. The summed E-state index contributed by atoms with van der Waals surface area (Å²) in [5, 5.41) is 9.42. The van der Waals surface area contributed by atoms with Gasteiger partial charge in [-0.15, -0.1) is 0 Å². The van der Waals surface area contributed by atoms with Crippen LogP contribution in [0, 0.1) is 0 Å². The van der Waals surface area contributed by atoms with Crippen molar-refractivity contribution in [1.29, 1.82) is 0 Å². The lowest BCUT2D eigenvalue weighted by molar-refractivity contribution is -0.139. The SMILES string of the molecule is COC(=O)Cc1ccc(-c2cccc(O)c2)cc1. The van der Waals surface area contributed by atoms with Crippen molar-refractivity contribution in [3.05, 3.63) is 54.1 Å². The van der Waals surface area contributed by atoms with Crippen LogP contribution in [0.4, 0.5) is 0 Å². The molecule has 0 fully saturated rings. The number of rotatable bonds is 3. The fourth-order valence-corrected chi connectivity index (χ4v) is 1.74. The molecule has 0 amide bonds. The molecule has 0 bridgehead atoms. The topological polar surface area (TPSA) is 46.5 Å². The fourth-order valence-electron chi connectivity index (χ4n) is 1.74. The first-order chi connectivity index (χ1) is 8.69. The predicted octanol–water partition coefficient (Wildman–Crippen LogP) is 2.77. The first kappa shape index (κ1) is 12.2. The number of benzene rings is 2. The summed E-state index contributed by atoms with van der Waals surface area (Å²) < 4.78 is 4.61. The van der Waals surface area contributed by atoms with Gasteiger partial charge < -0.3 is 9.84 Å². The van der Waals surface area contributed by atoms with Crippen molar-refractivity contribution in [1.82, 2.24) is 0 Å². The van der Waals surface area contributed by atoms with E-state index >= 15 is 0 Å². The monoisotopic (exact) mass is 242 g/mol. The van der Waals surface area contributed by atoms with Crippen LogP contribution in [0.1, 0.15) is 5.56 Å². The highest BCUT2D eigenvalue weighted by Crippen LogP contribution is 2.23. The Bertz CT molecular complexity index is 544. The minimum absolute atomic E-state index is 0.242. The zero-order valence-corrected chi connectivity index (χ0v) is 10.1. The third kappa shape index (κ3) is 2.88. The first-order valence-electron chi connectivity index (χ1n) is 5.64. The zero-order valence-electron chi connectivity index (χ0n) is 10.1. The number of phenolic OH excluding ortho intramolecular Hbond substituents is 1. The van der Waals surface area contributed by atoms with E-state index in [-0.39, 0.29) is 18.1 Å². The van der Waals surface area contributed by atoms with E-state index < -0.39 is 0 Å². The molecule has 0 spiro atoms. The summed E-state index contributed by atoms with van der Waals surface area (Å²) in [4.78, 5) is 11.1. The van der Waals surface area contributed by atoms with Gasteiger partial charge in [-0.05, 0) is 28.8 Å². The molecule has 2 aromatic carbocycles. The van der Waals surface area contributed by atoms with Crippen LogP contribution < -0.4 is 0 Å². The molecule has 3 heteroatoms. The van der Waals surface area contributed by atoms with Crippen LogP contribution in [0.5, 0.6) is 5.75 Å². The minimum Gasteiger partial charge on any atom is -0.508 e. The van der Waals surface area contributed by atoms with Gasteiger partial charge in [-0.25, -0.2) is 0 Å². The number of phenols is 1. The Balaban J connectivity index is 2.19. The molecule has 0 atom stereocenters. The number of carbonyl (C=O) groups excluding carboxylic acids is 1. The van der Waals surface area contributed by atoms with Crippen molar-refractivity contribution in [2.75, 3.05) is 7.11 Å². The van der Waals surface area contributed by atoms with Gasteiger partial charge in [-0.3, -0.25) is 4.79 Å². The van der Waals surface area contributed by atoms with E-state index in [1.165, 1.54) is 7.11 Å². The van der Waals surface area contributed by atoms with Crippen molar-refractivity contribution in [3.8, 4) is 16.9 Å². The Morgan fingerprint density at radius 1 is 1.11 bits per heavy atom. The predicted molar refractivity (Wildman–Crippen MR) is 69.3 cm³/mol. The molecule has 0 saturated carbocycles. The van der Waals surface area contributed by atoms with Gasteiger partial charge in [0.2, 0.25) is 0 Å². The highest BCUT2D eigenvalue weighted by Gasteiger charge is 2.03. The standard InChI is InChI=1S/C15H14O3/c1-18-15(17)9-11-5-7-12(8-6-11)13-3-2-4-14(16)10-13/h2-8,10,16H,9H2,1H3. The lowest BCUT2D eigenvalue weighted by atomic mass is 10.0. The third-order valence-electron chi connectivity index (χ3n) is 2.71. The highest BCUT2D eigenvalue weighted by atomic mass is 16.5. The smallest absolute Gasteiger partial charge is 0.309 e. The summed E-state index contributed by atoms with van der Waals surface area (Å²) in [6, 6.07) is 14.7. The highest BCUT2D eigenvalue weighted by molar-refractivity contribution is 5.73. The van der Waals surface area contributed by atoms with Crippen LogP contribution in [-0.4, -0.2) is 18.2 Å². The maximum atomic E-state index is 11.1. The molecule has 0 aromatic heterocycles. The lowest BCUT2D eigenvalue weighted by Gasteiger charge is -2.04. The number of carbonyl (C=O) groups is 1. The van der Waals surface area contributed by atoms with E-state index in [9.17, 15) is 9.90 Å². The summed E-state index contributed by atoms with van der Waals surface area (Å²) in [7, 11) is 1.38. The van der Waals surface area contributed by atoms with Gasteiger partial charge in [0.15, 0.2) is 0 Å². The summed E-state index contributed by atoms with van der Waals surface area (Å²) in [5.74, 6) is -0.00811. The summed E-state index contributed by atoms with van der Waals surface area (Å²) in [5.41, 5.74) is 2.85. The van der Waals surface area contributed by atoms with Crippen LogP contribution in [0.2, 0.25) is 0 Å². The van der Waals surface area contributed by atoms with E-state index in [0.717, 1.165) is 16.7 Å². The summed E-state index contributed by atoms with van der Waals surface area (Å²) in [6.45, 7) is 0. The molecule has 1 N–H and O–H groups in total. The molecule has 0 aliphatic carbocycles. The van der Waals surface area contributed by atoms with Gasteiger partial charge >= 0.3 is 5.97 Å². The van der Waals surface area contributed by atoms with Gasteiger partial charge in [0.25, 0.3) is 0 Å². The second-order valence-electron chi connectivity index (χ2n) is 4.00. The Kier molecular flexibility index (Phi) is 3.63.